The van der Waals surface area contributed by atoms with E-state index in [9.17, 15) is 9.59 Å². The maximum Gasteiger partial charge on any atom is 0.317 e. The number of allylic oxidation sites excluding steroid dienone is 2. The van der Waals surface area contributed by atoms with E-state index in [0.29, 0.717) is 0 Å². The number of rotatable bonds is 15. The first-order chi connectivity index (χ1) is 12.2. The Kier molecular flexibility index (Phi) is 12.4. The minimum Gasteiger partial charge on any atom is -0.393 e. The van der Waals surface area contributed by atoms with Crippen molar-refractivity contribution in [2.75, 3.05) is 0 Å². The normalized spacial score (nSPS) is 18.9. The van der Waals surface area contributed by atoms with Gasteiger partial charge in [-0.1, -0.05) is 90.2 Å². The van der Waals surface area contributed by atoms with Crippen molar-refractivity contribution in [3.05, 3.63) is 12.2 Å². The lowest BCUT2D eigenvalue weighted by Crippen LogP contribution is -2.17. The lowest BCUT2D eigenvalue weighted by Gasteiger charge is -2.13. The van der Waals surface area contributed by atoms with E-state index in [4.69, 9.17) is 0 Å². The summed E-state index contributed by atoms with van der Waals surface area (Å²) in [5.74, 6) is -0.818. The van der Waals surface area contributed by atoms with E-state index in [1.165, 1.54) is 70.6 Å². The molecule has 1 heterocycles. The molecule has 0 bridgehead atoms. The molecule has 0 saturated carbocycles. The third-order valence-corrected chi connectivity index (χ3v) is 5.25. The fourth-order valence-electron chi connectivity index (χ4n) is 3.57. The molecule has 25 heavy (non-hydrogen) atoms. The molecule has 1 rings (SSSR count). The second-order valence-electron chi connectivity index (χ2n) is 7.43. The number of esters is 2. The quantitative estimate of drug-likeness (QED) is 0.149. The van der Waals surface area contributed by atoms with Gasteiger partial charge in [-0.25, -0.2) is 0 Å². The van der Waals surface area contributed by atoms with E-state index >= 15 is 0 Å². The molecule has 0 aromatic carbocycles. The van der Waals surface area contributed by atoms with Gasteiger partial charge in [-0.05, 0) is 25.2 Å². The molecular formula is C22H38O3. The van der Waals surface area contributed by atoms with Crippen LogP contribution in [0.3, 0.4) is 0 Å². The Hall–Kier alpha value is -1.12. The van der Waals surface area contributed by atoms with Crippen molar-refractivity contribution in [2.45, 2.75) is 104 Å². The second kappa shape index (κ2) is 14.1. The second-order valence-corrected chi connectivity index (χ2v) is 7.43. The van der Waals surface area contributed by atoms with Crippen LogP contribution in [0.5, 0.6) is 0 Å². The number of unbranched alkanes of at least 4 members (excludes halogenated alkanes) is 11. The predicted octanol–water partition coefficient (Wildman–Crippen LogP) is 6.36. The zero-order chi connectivity index (χ0) is 18.3. The van der Waals surface area contributed by atoms with Gasteiger partial charge in [0.2, 0.25) is 0 Å². The third kappa shape index (κ3) is 9.81. The zero-order valence-electron chi connectivity index (χ0n) is 16.4. The van der Waals surface area contributed by atoms with Gasteiger partial charge in [0.15, 0.2) is 0 Å². The summed E-state index contributed by atoms with van der Waals surface area (Å²) in [5, 5.41) is 0. The smallest absolute Gasteiger partial charge is 0.317 e. The van der Waals surface area contributed by atoms with Gasteiger partial charge >= 0.3 is 11.9 Å². The summed E-state index contributed by atoms with van der Waals surface area (Å²) in [7, 11) is 0. The first-order valence-electron chi connectivity index (χ1n) is 10.6. The van der Waals surface area contributed by atoms with Crippen LogP contribution < -0.4 is 0 Å². The van der Waals surface area contributed by atoms with Gasteiger partial charge in [0.05, 0.1) is 12.3 Å². The first-order valence-corrected chi connectivity index (χ1v) is 10.6. The van der Waals surface area contributed by atoms with Crippen molar-refractivity contribution < 1.29 is 14.3 Å². The van der Waals surface area contributed by atoms with Gasteiger partial charge in [-0.3, -0.25) is 9.59 Å². The van der Waals surface area contributed by atoms with Crippen molar-refractivity contribution in [1.82, 2.24) is 0 Å². The van der Waals surface area contributed by atoms with Crippen molar-refractivity contribution in [3.63, 3.8) is 0 Å². The molecular weight excluding hydrogens is 312 g/mol. The Balaban J connectivity index is 1.98. The lowest BCUT2D eigenvalue weighted by molar-refractivity contribution is -0.153. The predicted molar refractivity (Wildman–Crippen MR) is 103 cm³/mol. The average Bonchev–Trinajstić information content (AvgIpc) is 2.93. The molecule has 144 valence electrons. The Labute approximate surface area is 154 Å². The zero-order valence-corrected chi connectivity index (χ0v) is 16.4. The summed E-state index contributed by atoms with van der Waals surface area (Å²) >= 11 is 0. The highest BCUT2D eigenvalue weighted by Crippen LogP contribution is 2.28. The van der Waals surface area contributed by atoms with Gasteiger partial charge in [0.1, 0.15) is 0 Å². The summed E-state index contributed by atoms with van der Waals surface area (Å²) in [4.78, 5) is 22.8. The first kappa shape index (κ1) is 21.9. The molecule has 2 atom stereocenters. The molecule has 0 radical (unpaired) electrons. The molecule has 0 aromatic heterocycles. The molecule has 0 aliphatic carbocycles. The SMILES string of the molecule is CCCCCCCCCCCCC/C=C/C(CC)C1CC(=O)OC1=O. The van der Waals surface area contributed by atoms with E-state index in [1.54, 1.807) is 0 Å². The van der Waals surface area contributed by atoms with Crippen LogP contribution in [0.1, 0.15) is 104 Å². The maximum atomic E-state index is 11.6. The van der Waals surface area contributed by atoms with E-state index in [-0.39, 0.29) is 30.2 Å². The number of carbonyl (C=O) groups is 2. The summed E-state index contributed by atoms with van der Waals surface area (Å²) in [6.45, 7) is 4.33. The van der Waals surface area contributed by atoms with E-state index < -0.39 is 0 Å². The molecule has 0 aromatic rings. The van der Waals surface area contributed by atoms with Crippen molar-refractivity contribution in [1.29, 1.82) is 0 Å². The van der Waals surface area contributed by atoms with Crippen LogP contribution in [0, 0.1) is 11.8 Å². The maximum absolute atomic E-state index is 11.6. The highest BCUT2D eigenvalue weighted by molar-refractivity contribution is 5.94. The highest BCUT2D eigenvalue weighted by Gasteiger charge is 2.37. The van der Waals surface area contributed by atoms with Crippen molar-refractivity contribution in [2.24, 2.45) is 11.8 Å². The van der Waals surface area contributed by atoms with Crippen molar-refractivity contribution >= 4 is 11.9 Å². The van der Waals surface area contributed by atoms with Gasteiger partial charge < -0.3 is 4.74 Å². The van der Waals surface area contributed by atoms with Gasteiger partial charge in [0, 0.05) is 0 Å². The van der Waals surface area contributed by atoms with Crippen LogP contribution in [0.2, 0.25) is 0 Å². The number of ether oxygens (including phenoxy) is 1. The molecule has 1 aliphatic rings. The lowest BCUT2D eigenvalue weighted by atomic mass is 9.88. The minimum absolute atomic E-state index is 0.145. The van der Waals surface area contributed by atoms with Crippen molar-refractivity contribution in [3.8, 4) is 0 Å². The standard InChI is InChI=1S/C22H38O3/c1-3-5-6-7-8-9-10-11-12-13-14-15-16-17-19(4-2)20-18-21(23)25-22(20)24/h16-17,19-20H,3-15,18H2,1-2H3/b17-16+. The van der Waals surface area contributed by atoms with Crippen LogP contribution in [-0.4, -0.2) is 11.9 Å². The van der Waals surface area contributed by atoms with E-state index in [1.807, 2.05) is 0 Å². The number of carbonyl (C=O) groups excluding carboxylic acids is 2. The fraction of sp³-hybridized carbons (Fsp3) is 0.818. The average molecular weight is 351 g/mol. The monoisotopic (exact) mass is 350 g/mol. The Bertz CT molecular complexity index is 400. The molecule has 3 nitrogen and oxygen atoms in total. The summed E-state index contributed by atoms with van der Waals surface area (Å²) in [6, 6.07) is 0. The van der Waals surface area contributed by atoms with Crippen LogP contribution >= 0.6 is 0 Å². The Morgan fingerprint density at radius 2 is 1.48 bits per heavy atom. The fourth-order valence-corrected chi connectivity index (χ4v) is 3.57. The number of hydrogen-bond donors (Lipinski definition) is 0. The minimum atomic E-state index is -0.368. The summed E-state index contributed by atoms with van der Waals surface area (Å²) in [5.41, 5.74) is 0. The third-order valence-electron chi connectivity index (χ3n) is 5.25. The van der Waals surface area contributed by atoms with Gasteiger partial charge in [-0.2, -0.15) is 0 Å². The molecule has 1 saturated heterocycles. The van der Waals surface area contributed by atoms with Crippen LogP contribution in [0.4, 0.5) is 0 Å². The van der Waals surface area contributed by atoms with Gasteiger partial charge in [-0.15, -0.1) is 0 Å². The van der Waals surface area contributed by atoms with Crippen LogP contribution in [0.25, 0.3) is 0 Å². The van der Waals surface area contributed by atoms with Gasteiger partial charge in [0.25, 0.3) is 0 Å². The van der Waals surface area contributed by atoms with E-state index in [0.717, 1.165) is 12.8 Å². The summed E-state index contributed by atoms with van der Waals surface area (Å²) < 4.78 is 4.66. The molecule has 0 spiro atoms. The molecule has 0 amide bonds. The van der Waals surface area contributed by atoms with Crippen LogP contribution in [0.15, 0.2) is 12.2 Å². The summed E-state index contributed by atoms with van der Waals surface area (Å²) in [6.07, 6.45) is 21.5. The molecule has 3 heteroatoms. The number of hydrogen-bond acceptors (Lipinski definition) is 3. The van der Waals surface area contributed by atoms with Crippen LogP contribution in [-0.2, 0) is 14.3 Å². The van der Waals surface area contributed by atoms with E-state index in [2.05, 4.69) is 30.7 Å². The number of cyclic esters (lactones) is 2. The largest absolute Gasteiger partial charge is 0.393 e. The molecule has 1 fully saturated rings. The molecule has 2 unspecified atom stereocenters. The Morgan fingerprint density at radius 3 is 1.96 bits per heavy atom. The molecule has 1 aliphatic heterocycles. The highest BCUT2D eigenvalue weighted by atomic mass is 16.6. The Morgan fingerprint density at radius 1 is 0.920 bits per heavy atom. The topological polar surface area (TPSA) is 43.4 Å². The molecule has 0 N–H and O–H groups in total.